The minimum absolute atomic E-state index is 0.0807. The SMILES string of the molecule is Cc1ccc(C(=O)NC2CC2)cc1NC(=O)c1cc(Cl)c2c(c1)OCO2. The molecule has 4 rings (SSSR count). The summed E-state index contributed by atoms with van der Waals surface area (Å²) in [5, 5.41) is 6.09. The number of amides is 2. The molecule has 0 radical (unpaired) electrons. The van der Waals surface area contributed by atoms with Crippen molar-refractivity contribution in [2.24, 2.45) is 0 Å². The van der Waals surface area contributed by atoms with E-state index in [9.17, 15) is 9.59 Å². The molecule has 0 bridgehead atoms. The second-order valence-corrected chi connectivity index (χ2v) is 6.83. The van der Waals surface area contributed by atoms with E-state index in [0.717, 1.165) is 18.4 Å². The summed E-state index contributed by atoms with van der Waals surface area (Å²) in [7, 11) is 0. The van der Waals surface area contributed by atoms with E-state index in [-0.39, 0.29) is 24.6 Å². The molecule has 1 fully saturated rings. The van der Waals surface area contributed by atoms with Crippen LogP contribution in [0.2, 0.25) is 5.02 Å². The van der Waals surface area contributed by atoms with Crippen molar-refractivity contribution in [2.45, 2.75) is 25.8 Å². The van der Waals surface area contributed by atoms with Crippen LogP contribution in [0.25, 0.3) is 0 Å². The van der Waals surface area contributed by atoms with Crippen LogP contribution in [-0.2, 0) is 0 Å². The summed E-state index contributed by atoms with van der Waals surface area (Å²) in [4.78, 5) is 24.8. The highest BCUT2D eigenvalue weighted by Gasteiger charge is 2.24. The summed E-state index contributed by atoms with van der Waals surface area (Å²) >= 11 is 6.14. The van der Waals surface area contributed by atoms with Crippen LogP contribution in [0.4, 0.5) is 5.69 Å². The smallest absolute Gasteiger partial charge is 0.255 e. The summed E-state index contributed by atoms with van der Waals surface area (Å²) in [6, 6.07) is 8.63. The first kappa shape index (κ1) is 16.7. The highest BCUT2D eigenvalue weighted by Crippen LogP contribution is 2.40. The van der Waals surface area contributed by atoms with Gasteiger partial charge in [0.25, 0.3) is 11.8 Å². The zero-order valence-electron chi connectivity index (χ0n) is 14.1. The Kier molecular flexibility index (Phi) is 4.20. The highest BCUT2D eigenvalue weighted by atomic mass is 35.5. The third kappa shape index (κ3) is 3.32. The van der Waals surface area contributed by atoms with E-state index in [2.05, 4.69) is 10.6 Å². The standard InChI is InChI=1S/C19H17ClN2O4/c1-10-2-3-11(18(23)21-13-4-5-13)7-15(10)22-19(24)12-6-14(20)17-16(8-12)25-9-26-17/h2-3,6-8,13H,4-5,9H2,1H3,(H,21,23)(H,22,24). The Labute approximate surface area is 155 Å². The summed E-state index contributed by atoms with van der Waals surface area (Å²) in [5.41, 5.74) is 2.30. The lowest BCUT2D eigenvalue weighted by Gasteiger charge is -2.11. The van der Waals surface area contributed by atoms with E-state index >= 15 is 0 Å². The molecule has 134 valence electrons. The molecule has 2 aliphatic rings. The molecular weight excluding hydrogens is 356 g/mol. The second kappa shape index (κ2) is 6.53. The van der Waals surface area contributed by atoms with Crippen LogP contribution >= 0.6 is 11.6 Å². The highest BCUT2D eigenvalue weighted by molar-refractivity contribution is 6.32. The van der Waals surface area contributed by atoms with Crippen LogP contribution in [0.5, 0.6) is 11.5 Å². The molecule has 6 nitrogen and oxygen atoms in total. The molecule has 26 heavy (non-hydrogen) atoms. The molecule has 2 aromatic carbocycles. The number of halogens is 1. The first-order valence-electron chi connectivity index (χ1n) is 8.33. The number of ether oxygens (including phenoxy) is 2. The van der Waals surface area contributed by atoms with E-state index < -0.39 is 0 Å². The van der Waals surface area contributed by atoms with Crippen molar-refractivity contribution in [3.63, 3.8) is 0 Å². The topological polar surface area (TPSA) is 76.7 Å². The Morgan fingerprint density at radius 2 is 1.88 bits per heavy atom. The fourth-order valence-corrected chi connectivity index (χ4v) is 2.95. The quantitative estimate of drug-likeness (QED) is 0.860. The number of anilines is 1. The number of rotatable bonds is 4. The summed E-state index contributed by atoms with van der Waals surface area (Å²) in [6.07, 6.45) is 2.04. The van der Waals surface area contributed by atoms with Gasteiger partial charge in [-0.2, -0.15) is 0 Å². The van der Waals surface area contributed by atoms with E-state index in [1.54, 1.807) is 18.2 Å². The van der Waals surface area contributed by atoms with Crippen molar-refractivity contribution in [3.8, 4) is 11.5 Å². The Bertz CT molecular complexity index is 909. The molecule has 1 aliphatic heterocycles. The number of hydrogen-bond acceptors (Lipinski definition) is 4. The van der Waals surface area contributed by atoms with E-state index in [1.165, 1.54) is 6.07 Å². The number of carbonyl (C=O) groups is 2. The largest absolute Gasteiger partial charge is 0.454 e. The summed E-state index contributed by atoms with van der Waals surface area (Å²) < 4.78 is 10.5. The Morgan fingerprint density at radius 1 is 1.08 bits per heavy atom. The third-order valence-corrected chi connectivity index (χ3v) is 4.63. The van der Waals surface area contributed by atoms with Gasteiger partial charge < -0.3 is 20.1 Å². The molecule has 0 saturated heterocycles. The van der Waals surface area contributed by atoms with Gasteiger partial charge >= 0.3 is 0 Å². The van der Waals surface area contributed by atoms with Crippen molar-refractivity contribution >= 4 is 29.1 Å². The number of aryl methyl sites for hydroxylation is 1. The molecule has 1 heterocycles. The van der Waals surface area contributed by atoms with Gasteiger partial charge in [-0.15, -0.1) is 0 Å². The number of hydrogen-bond donors (Lipinski definition) is 2. The van der Waals surface area contributed by atoms with Crippen molar-refractivity contribution in [1.29, 1.82) is 0 Å². The molecule has 2 aromatic rings. The molecule has 7 heteroatoms. The van der Waals surface area contributed by atoms with Crippen LogP contribution in [0.15, 0.2) is 30.3 Å². The number of carbonyl (C=O) groups excluding carboxylic acids is 2. The zero-order valence-corrected chi connectivity index (χ0v) is 14.9. The molecule has 1 aliphatic carbocycles. The Hall–Kier alpha value is -2.73. The van der Waals surface area contributed by atoms with Crippen LogP contribution in [0.1, 0.15) is 39.1 Å². The van der Waals surface area contributed by atoms with Crippen LogP contribution in [-0.4, -0.2) is 24.6 Å². The number of fused-ring (bicyclic) bond motifs is 1. The molecule has 0 unspecified atom stereocenters. The maximum atomic E-state index is 12.6. The molecule has 2 amide bonds. The monoisotopic (exact) mass is 372 g/mol. The first-order valence-corrected chi connectivity index (χ1v) is 8.71. The van der Waals surface area contributed by atoms with Gasteiger partial charge in [-0.3, -0.25) is 9.59 Å². The molecule has 0 aromatic heterocycles. The maximum Gasteiger partial charge on any atom is 0.255 e. The van der Waals surface area contributed by atoms with Gasteiger partial charge in [-0.25, -0.2) is 0 Å². The lowest BCUT2D eigenvalue weighted by atomic mass is 10.1. The van der Waals surface area contributed by atoms with Crippen molar-refractivity contribution in [3.05, 3.63) is 52.0 Å². The Morgan fingerprint density at radius 3 is 2.65 bits per heavy atom. The van der Waals surface area contributed by atoms with Crippen molar-refractivity contribution in [2.75, 3.05) is 12.1 Å². The minimum atomic E-state index is -0.340. The molecule has 0 spiro atoms. The van der Waals surface area contributed by atoms with Crippen molar-refractivity contribution in [1.82, 2.24) is 5.32 Å². The fraction of sp³-hybridized carbons (Fsp3) is 0.263. The fourth-order valence-electron chi connectivity index (χ4n) is 2.69. The predicted molar refractivity (Wildman–Crippen MR) is 97.2 cm³/mol. The van der Waals surface area contributed by atoms with Crippen LogP contribution in [0, 0.1) is 6.92 Å². The lowest BCUT2D eigenvalue weighted by Crippen LogP contribution is -2.25. The van der Waals surface area contributed by atoms with E-state index in [0.29, 0.717) is 33.3 Å². The van der Waals surface area contributed by atoms with E-state index in [1.807, 2.05) is 13.0 Å². The lowest BCUT2D eigenvalue weighted by molar-refractivity contribution is 0.0949. The molecular formula is C19H17ClN2O4. The van der Waals surface area contributed by atoms with E-state index in [4.69, 9.17) is 21.1 Å². The van der Waals surface area contributed by atoms with Crippen LogP contribution in [0.3, 0.4) is 0 Å². The minimum Gasteiger partial charge on any atom is -0.454 e. The molecule has 2 N–H and O–H groups in total. The van der Waals surface area contributed by atoms with Gasteiger partial charge in [0.15, 0.2) is 11.5 Å². The average molecular weight is 373 g/mol. The first-order chi connectivity index (χ1) is 12.5. The Balaban J connectivity index is 1.55. The maximum absolute atomic E-state index is 12.6. The second-order valence-electron chi connectivity index (χ2n) is 6.42. The van der Waals surface area contributed by atoms with Gasteiger partial charge in [-0.1, -0.05) is 17.7 Å². The normalized spacial score (nSPS) is 14.8. The van der Waals surface area contributed by atoms with Gasteiger partial charge in [0.05, 0.1) is 5.02 Å². The third-order valence-electron chi connectivity index (χ3n) is 4.35. The van der Waals surface area contributed by atoms with Gasteiger partial charge in [-0.05, 0) is 49.6 Å². The summed E-state index contributed by atoms with van der Waals surface area (Å²) in [5.74, 6) is 0.414. The van der Waals surface area contributed by atoms with Gasteiger partial charge in [0, 0.05) is 22.9 Å². The number of nitrogens with one attached hydrogen (secondary N) is 2. The predicted octanol–water partition coefficient (Wildman–Crippen LogP) is 3.52. The summed E-state index contributed by atoms with van der Waals surface area (Å²) in [6.45, 7) is 1.95. The van der Waals surface area contributed by atoms with Crippen LogP contribution < -0.4 is 20.1 Å². The molecule has 0 atom stereocenters. The zero-order chi connectivity index (χ0) is 18.3. The van der Waals surface area contributed by atoms with Gasteiger partial charge in [0.1, 0.15) is 0 Å². The van der Waals surface area contributed by atoms with Crippen molar-refractivity contribution < 1.29 is 19.1 Å². The van der Waals surface area contributed by atoms with Gasteiger partial charge in [0.2, 0.25) is 6.79 Å². The average Bonchev–Trinajstić information content (AvgIpc) is 3.29. The molecule has 1 saturated carbocycles. The number of benzene rings is 2.